The maximum Gasteiger partial charge on any atom is 0.416 e. The van der Waals surface area contributed by atoms with Crippen molar-refractivity contribution in [2.75, 3.05) is 19.0 Å². The van der Waals surface area contributed by atoms with Crippen LogP contribution in [0.2, 0.25) is 0 Å². The van der Waals surface area contributed by atoms with Crippen LogP contribution in [-0.4, -0.2) is 24.7 Å². The van der Waals surface area contributed by atoms with E-state index < -0.39 is 11.7 Å². The molecule has 0 bridgehead atoms. The summed E-state index contributed by atoms with van der Waals surface area (Å²) < 4.78 is 50.9. The van der Waals surface area contributed by atoms with E-state index in [-0.39, 0.29) is 11.8 Å². The van der Waals surface area contributed by atoms with E-state index in [9.17, 15) is 13.2 Å². The van der Waals surface area contributed by atoms with Gasteiger partial charge in [-0.25, -0.2) is 0 Å². The Balaban J connectivity index is 2.13. The second kappa shape index (κ2) is 9.43. The molecule has 1 unspecified atom stereocenters. The Morgan fingerprint density at radius 1 is 1.19 bits per heavy atom. The minimum absolute atomic E-state index is 0.0513. The van der Waals surface area contributed by atoms with Gasteiger partial charge < -0.3 is 20.5 Å². The van der Waals surface area contributed by atoms with Crippen molar-refractivity contribution in [2.24, 2.45) is 5.73 Å². The number of halogens is 3. The summed E-state index contributed by atoms with van der Waals surface area (Å²) in [5.74, 6) is 0.757. The summed E-state index contributed by atoms with van der Waals surface area (Å²) >= 11 is 0. The molecule has 0 spiro atoms. The monoisotopic (exact) mass is 433 g/mol. The molecule has 1 heterocycles. The zero-order valence-corrected chi connectivity index (χ0v) is 17.7. The lowest BCUT2D eigenvalue weighted by molar-refractivity contribution is -0.137. The van der Waals surface area contributed by atoms with Gasteiger partial charge in [-0.3, -0.25) is 4.98 Å². The minimum atomic E-state index is -4.46. The molecule has 0 saturated carbocycles. The van der Waals surface area contributed by atoms with Crippen LogP contribution in [0.4, 0.5) is 18.9 Å². The van der Waals surface area contributed by atoms with Crippen molar-refractivity contribution in [3.63, 3.8) is 0 Å². The predicted octanol–water partition coefficient (Wildman–Crippen LogP) is 5.90. The molecule has 8 heteroatoms. The maximum atomic E-state index is 13.1. The summed E-state index contributed by atoms with van der Waals surface area (Å²) in [6.45, 7) is 4.42. The van der Waals surface area contributed by atoms with Crippen LogP contribution >= 0.6 is 0 Å². The van der Waals surface area contributed by atoms with Crippen molar-refractivity contribution in [2.45, 2.75) is 38.9 Å². The van der Waals surface area contributed by atoms with Crippen LogP contribution in [0.1, 0.15) is 30.9 Å². The Bertz CT molecular complexity index is 1050. The lowest BCUT2D eigenvalue weighted by Crippen LogP contribution is -2.28. The molecule has 166 valence electrons. The molecule has 0 fully saturated rings. The molecule has 0 aliphatic carbocycles. The van der Waals surface area contributed by atoms with E-state index in [0.29, 0.717) is 28.9 Å². The second-order valence-electron chi connectivity index (χ2n) is 7.30. The summed E-state index contributed by atoms with van der Waals surface area (Å²) in [6.07, 6.45) is -0.935. The molecule has 1 aromatic heterocycles. The van der Waals surface area contributed by atoms with E-state index >= 15 is 0 Å². The largest absolute Gasteiger partial charge is 0.493 e. The molecular formula is C23H26F3N3O2. The molecule has 0 aliphatic heterocycles. The van der Waals surface area contributed by atoms with E-state index in [1.165, 1.54) is 19.2 Å². The van der Waals surface area contributed by atoms with E-state index in [1.54, 1.807) is 12.3 Å². The number of alkyl halides is 3. The molecular weight excluding hydrogens is 407 g/mol. The number of aryl methyl sites for hydroxylation is 1. The highest BCUT2D eigenvalue weighted by Gasteiger charge is 2.31. The number of hydrogen-bond acceptors (Lipinski definition) is 5. The number of aromatic nitrogens is 1. The minimum Gasteiger partial charge on any atom is -0.493 e. The molecule has 5 nitrogen and oxygen atoms in total. The highest BCUT2D eigenvalue weighted by atomic mass is 19.4. The number of pyridine rings is 1. The lowest BCUT2D eigenvalue weighted by Gasteiger charge is -2.22. The zero-order valence-electron chi connectivity index (χ0n) is 17.7. The summed E-state index contributed by atoms with van der Waals surface area (Å²) in [5.41, 5.74) is 7.34. The molecule has 0 amide bonds. The lowest BCUT2D eigenvalue weighted by atomic mass is 10.1. The third kappa shape index (κ3) is 5.02. The van der Waals surface area contributed by atoms with E-state index in [2.05, 4.69) is 17.2 Å². The van der Waals surface area contributed by atoms with Gasteiger partial charge in [0.2, 0.25) is 0 Å². The quantitative estimate of drug-likeness (QED) is 0.463. The van der Waals surface area contributed by atoms with E-state index in [0.717, 1.165) is 36.2 Å². The van der Waals surface area contributed by atoms with E-state index in [4.69, 9.17) is 15.2 Å². The van der Waals surface area contributed by atoms with Gasteiger partial charge in [0.25, 0.3) is 0 Å². The second-order valence-corrected chi connectivity index (χ2v) is 7.30. The van der Waals surface area contributed by atoms with Gasteiger partial charge in [0.05, 0.1) is 29.3 Å². The first-order chi connectivity index (χ1) is 14.8. The summed E-state index contributed by atoms with van der Waals surface area (Å²) in [6, 6.07) is 8.37. The average molecular weight is 433 g/mol. The fraction of sp³-hybridized carbons (Fsp3) is 0.348. The van der Waals surface area contributed by atoms with Gasteiger partial charge in [0, 0.05) is 24.8 Å². The van der Waals surface area contributed by atoms with Gasteiger partial charge in [0.15, 0.2) is 11.5 Å². The number of rotatable bonds is 8. The fourth-order valence-corrected chi connectivity index (χ4v) is 3.47. The Hall–Kier alpha value is -3.00. The highest BCUT2D eigenvalue weighted by Crippen LogP contribution is 2.44. The molecule has 0 radical (unpaired) electrons. The van der Waals surface area contributed by atoms with Gasteiger partial charge in [-0.15, -0.1) is 0 Å². The van der Waals surface area contributed by atoms with Gasteiger partial charge in [-0.1, -0.05) is 19.4 Å². The number of ether oxygens (including phenoxy) is 2. The van der Waals surface area contributed by atoms with Crippen LogP contribution in [-0.2, 0) is 6.18 Å². The molecule has 2 aromatic carbocycles. The van der Waals surface area contributed by atoms with Crippen molar-refractivity contribution >= 4 is 16.6 Å². The van der Waals surface area contributed by atoms with Crippen LogP contribution in [0.25, 0.3) is 10.9 Å². The third-order valence-corrected chi connectivity index (χ3v) is 5.02. The number of benzene rings is 2. The molecule has 0 saturated heterocycles. The van der Waals surface area contributed by atoms with Crippen LogP contribution in [0, 0.1) is 6.92 Å². The first kappa shape index (κ1) is 22.7. The highest BCUT2D eigenvalue weighted by molar-refractivity contribution is 5.99. The van der Waals surface area contributed by atoms with Crippen LogP contribution in [0.3, 0.4) is 0 Å². The van der Waals surface area contributed by atoms with Crippen LogP contribution < -0.4 is 20.5 Å². The Morgan fingerprint density at radius 3 is 2.61 bits per heavy atom. The van der Waals surface area contributed by atoms with Crippen molar-refractivity contribution in [3.8, 4) is 17.2 Å². The van der Waals surface area contributed by atoms with E-state index in [1.807, 2.05) is 13.0 Å². The Morgan fingerprint density at radius 2 is 1.97 bits per heavy atom. The van der Waals surface area contributed by atoms with Crippen molar-refractivity contribution in [3.05, 3.63) is 53.7 Å². The van der Waals surface area contributed by atoms with Crippen LogP contribution in [0.5, 0.6) is 17.2 Å². The van der Waals surface area contributed by atoms with Crippen LogP contribution in [0.15, 0.2) is 42.6 Å². The maximum absolute atomic E-state index is 13.1. The van der Waals surface area contributed by atoms with Gasteiger partial charge >= 0.3 is 6.18 Å². The molecule has 1 atom stereocenters. The molecule has 31 heavy (non-hydrogen) atoms. The fourth-order valence-electron chi connectivity index (χ4n) is 3.47. The summed E-state index contributed by atoms with van der Waals surface area (Å²) in [7, 11) is 1.49. The summed E-state index contributed by atoms with van der Waals surface area (Å²) in [4.78, 5) is 4.51. The SMILES string of the molecule is CCCC(CN)Nc1cc(OC)c(Oc2cccc(C(F)(F)F)c2)c2c(C)ccnc12. The molecule has 3 N–H and O–H groups in total. The first-order valence-corrected chi connectivity index (χ1v) is 10.1. The number of nitrogens with two attached hydrogens (primary N) is 1. The third-order valence-electron chi connectivity index (χ3n) is 5.02. The van der Waals surface area contributed by atoms with Crippen molar-refractivity contribution in [1.82, 2.24) is 4.98 Å². The van der Waals surface area contributed by atoms with Gasteiger partial charge in [-0.2, -0.15) is 13.2 Å². The summed E-state index contributed by atoms with van der Waals surface area (Å²) in [5, 5.41) is 4.08. The standard InChI is InChI=1S/C23H26F3N3O2/c1-4-6-16(13-27)29-18-12-19(30-3)22(20-14(2)9-10-28-21(18)20)31-17-8-5-7-15(11-17)23(24,25)26/h5,7-12,16,29H,4,6,13,27H2,1-3H3. The Labute approximate surface area is 179 Å². The molecule has 0 aliphatic rings. The number of fused-ring (bicyclic) bond motifs is 1. The number of anilines is 1. The number of nitrogens with one attached hydrogen (secondary N) is 1. The zero-order chi connectivity index (χ0) is 22.6. The number of hydrogen-bond donors (Lipinski definition) is 2. The van der Waals surface area contributed by atoms with Gasteiger partial charge in [0.1, 0.15) is 5.75 Å². The molecule has 3 rings (SSSR count). The van der Waals surface area contributed by atoms with Gasteiger partial charge in [-0.05, 0) is 43.2 Å². The first-order valence-electron chi connectivity index (χ1n) is 10.1. The Kier molecular flexibility index (Phi) is 6.90. The predicted molar refractivity (Wildman–Crippen MR) is 116 cm³/mol. The topological polar surface area (TPSA) is 69.4 Å². The molecule has 3 aromatic rings. The normalized spacial score (nSPS) is 12.6. The number of nitrogens with zero attached hydrogens (tertiary/aromatic N) is 1. The van der Waals surface area contributed by atoms with Crippen molar-refractivity contribution in [1.29, 1.82) is 0 Å². The van der Waals surface area contributed by atoms with Crippen molar-refractivity contribution < 1.29 is 22.6 Å². The average Bonchev–Trinajstić information content (AvgIpc) is 2.74. The smallest absolute Gasteiger partial charge is 0.416 e. The number of methoxy groups -OCH3 is 1.